The standard InChI is InChI=1S/C24H19BO2/c1-2-8-18(9-3-1)21-15-14-19-10-4-5-11-20(19)24(21)22-12-6-7-13-23(22)25-26-16-17-27-25/h1-15H,16-17H2. The van der Waals surface area contributed by atoms with Crippen LogP contribution < -0.4 is 5.46 Å². The normalized spacial score (nSPS) is 14.0. The van der Waals surface area contributed by atoms with Gasteiger partial charge in [-0.15, -0.1) is 0 Å². The lowest BCUT2D eigenvalue weighted by Crippen LogP contribution is -2.33. The molecular formula is C24H19BO2. The molecule has 0 N–H and O–H groups in total. The Kier molecular flexibility index (Phi) is 4.25. The van der Waals surface area contributed by atoms with E-state index in [0.29, 0.717) is 13.2 Å². The lowest BCUT2D eigenvalue weighted by molar-refractivity contribution is 0.365. The molecule has 0 aromatic heterocycles. The molecule has 0 saturated carbocycles. The van der Waals surface area contributed by atoms with Crippen LogP contribution in [0.5, 0.6) is 0 Å². The molecule has 1 heterocycles. The monoisotopic (exact) mass is 350 g/mol. The van der Waals surface area contributed by atoms with Crippen molar-refractivity contribution in [2.24, 2.45) is 0 Å². The van der Waals surface area contributed by atoms with Crippen LogP contribution in [0.25, 0.3) is 33.0 Å². The van der Waals surface area contributed by atoms with E-state index in [-0.39, 0.29) is 7.12 Å². The first-order valence-electron chi connectivity index (χ1n) is 9.31. The Morgan fingerprint density at radius 2 is 1.30 bits per heavy atom. The van der Waals surface area contributed by atoms with E-state index in [9.17, 15) is 0 Å². The first kappa shape index (κ1) is 16.3. The van der Waals surface area contributed by atoms with Crippen LogP contribution in [0.2, 0.25) is 0 Å². The Labute approximate surface area is 159 Å². The summed E-state index contributed by atoms with van der Waals surface area (Å²) >= 11 is 0. The molecule has 4 aromatic rings. The van der Waals surface area contributed by atoms with Crippen molar-refractivity contribution in [3.63, 3.8) is 0 Å². The van der Waals surface area contributed by atoms with Crippen LogP contribution in [0.15, 0.2) is 91.0 Å². The van der Waals surface area contributed by atoms with Gasteiger partial charge in [0.15, 0.2) is 0 Å². The SMILES string of the molecule is c1ccc(-c2ccc3ccccc3c2-c2ccccc2B2OCCO2)cc1. The van der Waals surface area contributed by atoms with Gasteiger partial charge in [0.2, 0.25) is 0 Å². The maximum absolute atomic E-state index is 5.84. The van der Waals surface area contributed by atoms with E-state index in [1.807, 2.05) is 0 Å². The summed E-state index contributed by atoms with van der Waals surface area (Å²) in [7, 11) is -0.302. The number of rotatable bonds is 3. The summed E-state index contributed by atoms with van der Waals surface area (Å²) in [4.78, 5) is 0. The zero-order valence-corrected chi connectivity index (χ0v) is 15.0. The summed E-state index contributed by atoms with van der Waals surface area (Å²) in [6.45, 7) is 1.28. The van der Waals surface area contributed by atoms with E-state index in [1.54, 1.807) is 0 Å². The summed E-state index contributed by atoms with van der Waals surface area (Å²) in [6, 6.07) is 32.0. The van der Waals surface area contributed by atoms with Gasteiger partial charge in [0.05, 0.1) is 13.2 Å². The number of fused-ring (bicyclic) bond motifs is 1. The summed E-state index contributed by atoms with van der Waals surface area (Å²) in [5.41, 5.74) is 5.92. The molecule has 0 aliphatic carbocycles. The average molecular weight is 350 g/mol. The fraction of sp³-hybridized carbons (Fsp3) is 0.0833. The van der Waals surface area contributed by atoms with E-state index in [4.69, 9.17) is 9.31 Å². The molecule has 27 heavy (non-hydrogen) atoms. The largest absolute Gasteiger partial charge is 0.494 e. The number of hydrogen-bond acceptors (Lipinski definition) is 2. The van der Waals surface area contributed by atoms with E-state index in [1.165, 1.54) is 33.0 Å². The van der Waals surface area contributed by atoms with Crippen molar-refractivity contribution in [1.29, 1.82) is 0 Å². The second kappa shape index (κ2) is 7.03. The van der Waals surface area contributed by atoms with Crippen LogP contribution in [0.3, 0.4) is 0 Å². The summed E-state index contributed by atoms with van der Waals surface area (Å²) in [5, 5.41) is 2.47. The van der Waals surface area contributed by atoms with Crippen molar-refractivity contribution in [3.05, 3.63) is 91.0 Å². The molecule has 0 spiro atoms. The van der Waals surface area contributed by atoms with Crippen molar-refractivity contribution in [2.45, 2.75) is 0 Å². The maximum atomic E-state index is 5.84. The average Bonchev–Trinajstić information content (AvgIpc) is 3.28. The highest BCUT2D eigenvalue weighted by molar-refractivity contribution is 6.63. The van der Waals surface area contributed by atoms with Gasteiger partial charge in [-0.3, -0.25) is 0 Å². The third-order valence-electron chi connectivity index (χ3n) is 5.12. The number of hydrogen-bond donors (Lipinski definition) is 0. The first-order chi connectivity index (χ1) is 13.4. The topological polar surface area (TPSA) is 18.5 Å². The van der Waals surface area contributed by atoms with Gasteiger partial charge in [-0.1, -0.05) is 91.0 Å². The van der Waals surface area contributed by atoms with Gasteiger partial charge in [-0.2, -0.15) is 0 Å². The molecule has 1 fully saturated rings. The van der Waals surface area contributed by atoms with Crippen molar-refractivity contribution in [1.82, 2.24) is 0 Å². The van der Waals surface area contributed by atoms with Crippen LogP contribution in [0.4, 0.5) is 0 Å². The van der Waals surface area contributed by atoms with Crippen molar-refractivity contribution >= 4 is 23.4 Å². The molecule has 130 valence electrons. The molecule has 1 aliphatic heterocycles. The minimum absolute atomic E-state index is 0.302. The van der Waals surface area contributed by atoms with Crippen LogP contribution in [-0.4, -0.2) is 20.3 Å². The van der Waals surface area contributed by atoms with E-state index in [2.05, 4.69) is 91.0 Å². The molecule has 1 saturated heterocycles. The summed E-state index contributed by atoms with van der Waals surface area (Å²) in [5.74, 6) is 0. The highest BCUT2D eigenvalue weighted by atomic mass is 16.6. The second-order valence-corrected chi connectivity index (χ2v) is 6.74. The van der Waals surface area contributed by atoms with Gasteiger partial charge >= 0.3 is 7.12 Å². The highest BCUT2D eigenvalue weighted by Crippen LogP contribution is 2.37. The maximum Gasteiger partial charge on any atom is 0.494 e. The Hall–Kier alpha value is -2.88. The molecule has 0 amide bonds. The van der Waals surface area contributed by atoms with Crippen LogP contribution in [0.1, 0.15) is 0 Å². The molecular weight excluding hydrogens is 331 g/mol. The van der Waals surface area contributed by atoms with Crippen molar-refractivity contribution in [2.75, 3.05) is 13.2 Å². The predicted molar refractivity (Wildman–Crippen MR) is 112 cm³/mol. The van der Waals surface area contributed by atoms with Crippen LogP contribution >= 0.6 is 0 Å². The quantitative estimate of drug-likeness (QED) is 0.489. The van der Waals surface area contributed by atoms with Gasteiger partial charge in [-0.25, -0.2) is 0 Å². The fourth-order valence-corrected chi connectivity index (χ4v) is 3.89. The number of benzene rings is 4. The zero-order chi connectivity index (χ0) is 18.1. The molecule has 4 aromatic carbocycles. The Bertz CT molecular complexity index is 1090. The van der Waals surface area contributed by atoms with Crippen LogP contribution in [-0.2, 0) is 9.31 Å². The second-order valence-electron chi connectivity index (χ2n) is 6.74. The fourth-order valence-electron chi connectivity index (χ4n) is 3.89. The smallest absolute Gasteiger partial charge is 0.405 e. The zero-order valence-electron chi connectivity index (χ0n) is 15.0. The van der Waals surface area contributed by atoms with Crippen molar-refractivity contribution < 1.29 is 9.31 Å². The van der Waals surface area contributed by atoms with E-state index >= 15 is 0 Å². The molecule has 1 aliphatic rings. The van der Waals surface area contributed by atoms with Crippen LogP contribution in [0, 0.1) is 0 Å². The molecule has 0 atom stereocenters. The Morgan fingerprint density at radius 1 is 0.593 bits per heavy atom. The van der Waals surface area contributed by atoms with Gasteiger partial charge < -0.3 is 9.31 Å². The predicted octanol–water partition coefficient (Wildman–Crippen LogP) is 4.92. The summed E-state index contributed by atoms with van der Waals surface area (Å²) in [6.07, 6.45) is 0. The minimum Gasteiger partial charge on any atom is -0.405 e. The lowest BCUT2D eigenvalue weighted by Gasteiger charge is -2.18. The molecule has 2 nitrogen and oxygen atoms in total. The molecule has 0 bridgehead atoms. The Balaban J connectivity index is 1.82. The molecule has 0 radical (unpaired) electrons. The summed E-state index contributed by atoms with van der Waals surface area (Å²) < 4.78 is 11.7. The molecule has 3 heteroatoms. The third kappa shape index (κ3) is 2.95. The van der Waals surface area contributed by atoms with Gasteiger partial charge in [0.25, 0.3) is 0 Å². The third-order valence-corrected chi connectivity index (χ3v) is 5.12. The Morgan fingerprint density at radius 3 is 2.15 bits per heavy atom. The van der Waals surface area contributed by atoms with Gasteiger partial charge in [-0.05, 0) is 38.5 Å². The van der Waals surface area contributed by atoms with E-state index in [0.717, 1.165) is 5.46 Å². The molecule has 0 unspecified atom stereocenters. The first-order valence-corrected chi connectivity index (χ1v) is 9.31. The van der Waals surface area contributed by atoms with Gasteiger partial charge in [0, 0.05) is 0 Å². The lowest BCUT2D eigenvalue weighted by atomic mass is 9.73. The molecule has 5 rings (SSSR count). The van der Waals surface area contributed by atoms with Crippen molar-refractivity contribution in [3.8, 4) is 22.3 Å². The highest BCUT2D eigenvalue weighted by Gasteiger charge is 2.29. The van der Waals surface area contributed by atoms with Gasteiger partial charge in [0.1, 0.15) is 0 Å². The minimum atomic E-state index is -0.302. The van der Waals surface area contributed by atoms with E-state index < -0.39 is 0 Å².